The molecule has 2 rings (SSSR count). The normalized spacial score (nSPS) is 7.72. The molecule has 1 N–H and O–H groups in total. The summed E-state index contributed by atoms with van der Waals surface area (Å²) in [4.78, 5) is 3.76. The topological polar surface area (TPSA) is 116 Å². The smallest absolute Gasteiger partial charge is 0.335 e. The summed E-state index contributed by atoms with van der Waals surface area (Å²) in [6.07, 6.45) is 3.31. The Morgan fingerprint density at radius 3 is 2.00 bits per heavy atom. The number of hydrogen-bond donors (Lipinski definition) is 1. The van der Waals surface area contributed by atoms with E-state index in [1.165, 1.54) is 18.5 Å². The number of methoxy groups -OCH3 is 1. The molecule has 0 fully saturated rings. The highest BCUT2D eigenvalue weighted by Crippen LogP contribution is 2.09. The summed E-state index contributed by atoms with van der Waals surface area (Å²) in [5, 5.41) is 9.24. The molecule has 0 radical (unpaired) electrons. The first-order chi connectivity index (χ1) is 12.0. The maximum Gasteiger partial charge on any atom is 0.335 e. The van der Waals surface area contributed by atoms with Crippen LogP contribution in [0.15, 0.2) is 36.8 Å². The molecule has 8 nitrogen and oxygen atoms in total. The molecule has 0 aliphatic rings. The van der Waals surface area contributed by atoms with Gasteiger partial charge in [-0.1, -0.05) is 26.0 Å². The lowest BCUT2D eigenvalue weighted by Crippen LogP contribution is -1.97. The Morgan fingerprint density at radius 2 is 1.64 bits per heavy atom. The van der Waals surface area contributed by atoms with Gasteiger partial charge in [0.15, 0.2) is 0 Å². The number of rotatable bonds is 2. The lowest BCUT2D eigenvalue weighted by molar-refractivity contribution is 0.178. The Kier molecular flexibility index (Phi) is 24.0. The van der Waals surface area contributed by atoms with E-state index in [0.29, 0.717) is 12.1 Å². The minimum Gasteiger partial charge on any atom is -0.427 e. The molecule has 0 unspecified atom stereocenters. The third-order valence-corrected chi connectivity index (χ3v) is 1.97. The average molecular weight is 396 g/mol. The molecule has 1 aromatic heterocycles. The van der Waals surface area contributed by atoms with Crippen molar-refractivity contribution in [2.24, 2.45) is 0 Å². The third kappa shape index (κ3) is 17.9. The molecular formula is C14H21FN2O6S2. The van der Waals surface area contributed by atoms with Crippen LogP contribution in [0.3, 0.4) is 0 Å². The summed E-state index contributed by atoms with van der Waals surface area (Å²) in [7, 11) is 3.25. The fourth-order valence-electron chi connectivity index (χ4n) is 1.30. The molecule has 0 atom stereocenters. The minimum atomic E-state index is -0.750. The van der Waals surface area contributed by atoms with Gasteiger partial charge in [0, 0.05) is 20.6 Å². The van der Waals surface area contributed by atoms with Crippen molar-refractivity contribution in [3.05, 3.63) is 53.9 Å². The van der Waals surface area contributed by atoms with E-state index in [9.17, 15) is 9.60 Å². The van der Waals surface area contributed by atoms with E-state index in [2.05, 4.69) is 9.72 Å². The maximum absolute atomic E-state index is 12.8. The quantitative estimate of drug-likeness (QED) is 0.770. The van der Waals surface area contributed by atoms with Crippen LogP contribution in [-0.2, 0) is 34.3 Å². The van der Waals surface area contributed by atoms with Crippen molar-refractivity contribution < 1.29 is 31.2 Å². The molecule has 0 bridgehead atoms. The maximum atomic E-state index is 12.8. The molecule has 11 heteroatoms. The number of benzene rings is 1. The van der Waals surface area contributed by atoms with Crippen LogP contribution >= 0.6 is 0 Å². The van der Waals surface area contributed by atoms with Gasteiger partial charge in [-0.3, -0.25) is 0 Å². The van der Waals surface area contributed by atoms with Crippen LogP contribution in [0.25, 0.3) is 0 Å². The molecule has 0 saturated carbocycles. The molecule has 0 spiro atoms. The highest BCUT2D eigenvalue weighted by molar-refractivity contribution is 7.51. The van der Waals surface area contributed by atoms with E-state index in [-0.39, 0.29) is 5.82 Å². The number of aromatic nitrogens is 2. The molecule has 0 amide bonds. The highest BCUT2D eigenvalue weighted by atomic mass is 32.1. The van der Waals surface area contributed by atoms with Gasteiger partial charge in [-0.15, -0.1) is 0 Å². The highest BCUT2D eigenvalue weighted by Gasteiger charge is 2.02. The zero-order valence-electron chi connectivity index (χ0n) is 14.2. The Balaban J connectivity index is -0.000000370. The van der Waals surface area contributed by atoms with Gasteiger partial charge in [0.25, 0.3) is 0 Å². The van der Waals surface area contributed by atoms with Crippen LogP contribution in [0.5, 0.6) is 0 Å². The van der Waals surface area contributed by atoms with E-state index in [1.807, 2.05) is 13.8 Å². The fraction of sp³-hybridized carbons (Fsp3) is 0.357. The fourth-order valence-corrected chi connectivity index (χ4v) is 1.30. The molecule has 0 aliphatic carbocycles. The Morgan fingerprint density at radius 1 is 1.16 bits per heavy atom. The first kappa shape index (κ1) is 27.6. The largest absolute Gasteiger partial charge is 0.427 e. The first-order valence-corrected chi connectivity index (χ1v) is 8.02. The van der Waals surface area contributed by atoms with Crippen LogP contribution in [0.4, 0.5) is 4.39 Å². The van der Waals surface area contributed by atoms with Crippen molar-refractivity contribution in [1.82, 2.24) is 9.71 Å². The lowest BCUT2D eigenvalue weighted by Gasteiger charge is -2.00. The first-order valence-electron chi connectivity index (χ1n) is 6.69. The van der Waals surface area contributed by atoms with Gasteiger partial charge in [-0.05, 0) is 17.7 Å². The van der Waals surface area contributed by atoms with E-state index < -0.39 is 23.1 Å². The molecule has 142 valence electrons. The van der Waals surface area contributed by atoms with Crippen LogP contribution in [0.2, 0.25) is 0 Å². The average Bonchev–Trinajstić information content (AvgIpc) is 2.97. The van der Waals surface area contributed by atoms with Crippen LogP contribution in [0.1, 0.15) is 25.1 Å². The predicted octanol–water partition coefficient (Wildman–Crippen LogP) is 1.80. The Hall–Kier alpha value is -2.24. The van der Waals surface area contributed by atoms with Crippen molar-refractivity contribution in [1.29, 1.82) is 0 Å². The SMILES string of the molecule is CC.COC.O=S=O.O=S=O.On1cncc1Cc1cccc(F)c1. The molecule has 1 aromatic carbocycles. The Labute approximate surface area is 152 Å². The molecule has 0 aliphatic heterocycles. The van der Waals surface area contributed by atoms with Crippen molar-refractivity contribution in [3.8, 4) is 0 Å². The van der Waals surface area contributed by atoms with Gasteiger partial charge in [-0.25, -0.2) is 9.37 Å². The van der Waals surface area contributed by atoms with E-state index in [4.69, 9.17) is 16.8 Å². The number of halogens is 1. The van der Waals surface area contributed by atoms with Gasteiger partial charge in [-0.2, -0.15) is 21.6 Å². The summed E-state index contributed by atoms with van der Waals surface area (Å²) >= 11 is -1.50. The molecule has 2 aromatic rings. The van der Waals surface area contributed by atoms with Gasteiger partial charge < -0.3 is 9.94 Å². The van der Waals surface area contributed by atoms with Crippen molar-refractivity contribution in [3.63, 3.8) is 0 Å². The van der Waals surface area contributed by atoms with Crippen molar-refractivity contribution >= 4 is 23.1 Å². The summed E-state index contributed by atoms with van der Waals surface area (Å²) in [5.74, 6) is -0.272. The van der Waals surface area contributed by atoms with E-state index in [1.54, 1.807) is 32.5 Å². The van der Waals surface area contributed by atoms with Crippen molar-refractivity contribution in [2.75, 3.05) is 14.2 Å². The number of hydrogen-bond acceptors (Lipinski definition) is 7. The van der Waals surface area contributed by atoms with Crippen molar-refractivity contribution in [2.45, 2.75) is 20.3 Å². The second kappa shape index (κ2) is 21.8. The molecule has 25 heavy (non-hydrogen) atoms. The zero-order valence-corrected chi connectivity index (χ0v) is 15.9. The number of imidazole rings is 1. The number of nitrogens with zero attached hydrogens (tertiary/aromatic N) is 2. The van der Waals surface area contributed by atoms with Gasteiger partial charge in [0.2, 0.25) is 0 Å². The lowest BCUT2D eigenvalue weighted by atomic mass is 10.1. The minimum absolute atomic E-state index is 0.272. The molecule has 0 saturated heterocycles. The third-order valence-electron chi connectivity index (χ3n) is 1.97. The summed E-state index contributed by atoms with van der Waals surface area (Å²) < 4.78 is 51.2. The van der Waals surface area contributed by atoms with Gasteiger partial charge in [0.1, 0.15) is 12.1 Å². The molecular weight excluding hydrogens is 375 g/mol. The Bertz CT molecular complexity index is 615. The zero-order chi connectivity index (χ0) is 20.1. The van der Waals surface area contributed by atoms with E-state index in [0.717, 1.165) is 10.3 Å². The van der Waals surface area contributed by atoms with Crippen LogP contribution in [-0.4, -0.2) is 46.0 Å². The predicted molar refractivity (Wildman–Crippen MR) is 90.7 cm³/mol. The summed E-state index contributed by atoms with van der Waals surface area (Å²) in [6, 6.07) is 6.27. The second-order valence-electron chi connectivity index (χ2n) is 3.58. The summed E-state index contributed by atoms with van der Waals surface area (Å²) in [5.41, 5.74) is 1.44. The van der Waals surface area contributed by atoms with Gasteiger partial charge >= 0.3 is 23.1 Å². The molecule has 1 heterocycles. The number of ether oxygens (including phenoxy) is 1. The standard InChI is InChI=1S/C10H9FN2O.C2H6O.C2H6.2O2S/c11-9-3-1-2-8(4-9)5-10-6-12-7-13(10)14;1-3-2;1-2;2*1-3-2/h1-4,6-7,14H,5H2;1-2H3;1-2H3;;. The van der Waals surface area contributed by atoms with Crippen LogP contribution < -0.4 is 0 Å². The van der Waals surface area contributed by atoms with Crippen LogP contribution in [0, 0.1) is 5.82 Å². The monoisotopic (exact) mass is 396 g/mol. The second-order valence-corrected chi connectivity index (χ2v) is 3.85. The van der Waals surface area contributed by atoms with Gasteiger partial charge in [0.05, 0.1) is 11.9 Å². The van der Waals surface area contributed by atoms with E-state index >= 15 is 0 Å². The summed E-state index contributed by atoms with van der Waals surface area (Å²) in [6.45, 7) is 4.00.